The van der Waals surface area contributed by atoms with Gasteiger partial charge >= 0.3 is 0 Å². The zero-order valence-corrected chi connectivity index (χ0v) is 13.1. The molecule has 0 radical (unpaired) electrons. The Balaban J connectivity index is 2.10. The van der Waals surface area contributed by atoms with E-state index in [2.05, 4.69) is 49.2 Å². The molecule has 1 unspecified atom stereocenters. The molecule has 0 amide bonds. The molecular weight excluding hydrogens is 248 g/mol. The first-order valence-corrected chi connectivity index (χ1v) is 7.81. The second-order valence-corrected chi connectivity index (χ2v) is 5.74. The van der Waals surface area contributed by atoms with Gasteiger partial charge in [0.05, 0.1) is 6.61 Å². The van der Waals surface area contributed by atoms with E-state index in [1.807, 2.05) is 0 Å². The highest BCUT2D eigenvalue weighted by Crippen LogP contribution is 2.21. The number of ether oxygens (including phenoxy) is 1. The molecular formula is C17H28N2O. The van der Waals surface area contributed by atoms with Gasteiger partial charge < -0.3 is 10.1 Å². The first-order chi connectivity index (χ1) is 9.70. The van der Waals surface area contributed by atoms with Crippen molar-refractivity contribution in [2.75, 3.05) is 39.4 Å². The standard InChI is InChI=1S/C17H28N2O/c1-4-18-17(13-19-8-5-10-20-11-9-19)16-12-14(2)6-7-15(16)3/h6-7,12,17-18H,4-5,8-11,13H2,1-3H3. The van der Waals surface area contributed by atoms with Crippen molar-refractivity contribution >= 4 is 0 Å². The summed E-state index contributed by atoms with van der Waals surface area (Å²) in [4.78, 5) is 2.53. The van der Waals surface area contributed by atoms with Crippen molar-refractivity contribution < 1.29 is 4.74 Å². The highest BCUT2D eigenvalue weighted by molar-refractivity contribution is 5.33. The Morgan fingerprint density at radius 1 is 1.25 bits per heavy atom. The van der Waals surface area contributed by atoms with Gasteiger partial charge in [-0.3, -0.25) is 4.90 Å². The molecule has 3 nitrogen and oxygen atoms in total. The van der Waals surface area contributed by atoms with Crippen LogP contribution in [-0.2, 0) is 4.74 Å². The molecule has 1 N–H and O–H groups in total. The van der Waals surface area contributed by atoms with Crippen LogP contribution in [0.25, 0.3) is 0 Å². The summed E-state index contributed by atoms with van der Waals surface area (Å²) < 4.78 is 5.55. The van der Waals surface area contributed by atoms with E-state index < -0.39 is 0 Å². The van der Waals surface area contributed by atoms with E-state index in [0.717, 1.165) is 45.8 Å². The second-order valence-electron chi connectivity index (χ2n) is 5.74. The molecule has 1 aliphatic rings. The third-order valence-electron chi connectivity index (χ3n) is 4.02. The lowest BCUT2D eigenvalue weighted by Gasteiger charge is -2.28. The minimum atomic E-state index is 0.415. The number of hydrogen-bond acceptors (Lipinski definition) is 3. The van der Waals surface area contributed by atoms with Crippen molar-refractivity contribution in [3.05, 3.63) is 34.9 Å². The van der Waals surface area contributed by atoms with Gasteiger partial charge in [-0.05, 0) is 37.9 Å². The molecule has 112 valence electrons. The zero-order chi connectivity index (χ0) is 14.4. The normalized spacial score (nSPS) is 18.8. The Labute approximate surface area is 123 Å². The van der Waals surface area contributed by atoms with E-state index in [9.17, 15) is 0 Å². The van der Waals surface area contributed by atoms with Gasteiger partial charge in [0, 0.05) is 32.3 Å². The lowest BCUT2D eigenvalue weighted by Crippen LogP contribution is -2.37. The van der Waals surface area contributed by atoms with Crippen LogP contribution in [0, 0.1) is 13.8 Å². The summed E-state index contributed by atoms with van der Waals surface area (Å²) in [6.07, 6.45) is 1.14. The van der Waals surface area contributed by atoms with Gasteiger partial charge in [-0.2, -0.15) is 0 Å². The van der Waals surface area contributed by atoms with E-state index in [4.69, 9.17) is 4.74 Å². The molecule has 0 aliphatic carbocycles. The van der Waals surface area contributed by atoms with E-state index in [1.54, 1.807) is 0 Å². The molecule has 20 heavy (non-hydrogen) atoms. The van der Waals surface area contributed by atoms with Crippen LogP contribution in [0.3, 0.4) is 0 Å². The summed E-state index contributed by atoms with van der Waals surface area (Å²) in [5.74, 6) is 0. The van der Waals surface area contributed by atoms with Gasteiger partial charge in [-0.1, -0.05) is 30.7 Å². The summed E-state index contributed by atoms with van der Waals surface area (Å²) >= 11 is 0. The van der Waals surface area contributed by atoms with Gasteiger partial charge in [0.2, 0.25) is 0 Å². The maximum absolute atomic E-state index is 5.55. The van der Waals surface area contributed by atoms with Crippen LogP contribution in [0.1, 0.15) is 36.1 Å². The molecule has 1 aromatic carbocycles. The van der Waals surface area contributed by atoms with Crippen LogP contribution in [-0.4, -0.2) is 44.3 Å². The molecule has 1 saturated heterocycles. The van der Waals surface area contributed by atoms with Crippen molar-refractivity contribution in [3.63, 3.8) is 0 Å². The van der Waals surface area contributed by atoms with Gasteiger partial charge in [-0.25, -0.2) is 0 Å². The average molecular weight is 276 g/mol. The maximum atomic E-state index is 5.55. The fraction of sp³-hybridized carbons (Fsp3) is 0.647. The lowest BCUT2D eigenvalue weighted by molar-refractivity contribution is 0.139. The van der Waals surface area contributed by atoms with Crippen LogP contribution in [0.2, 0.25) is 0 Å². The lowest BCUT2D eigenvalue weighted by atomic mass is 9.98. The Bertz CT molecular complexity index is 411. The number of benzene rings is 1. The first kappa shape index (κ1) is 15.5. The minimum absolute atomic E-state index is 0.415. The summed E-state index contributed by atoms with van der Waals surface area (Å²) in [5, 5.41) is 3.65. The molecule has 0 saturated carbocycles. The summed E-state index contributed by atoms with van der Waals surface area (Å²) in [6.45, 7) is 12.6. The average Bonchev–Trinajstić information content (AvgIpc) is 2.70. The third-order valence-corrected chi connectivity index (χ3v) is 4.02. The number of aryl methyl sites for hydroxylation is 2. The Morgan fingerprint density at radius 3 is 2.90 bits per heavy atom. The Kier molecular flexibility index (Phi) is 6.02. The van der Waals surface area contributed by atoms with Crippen LogP contribution in [0.5, 0.6) is 0 Å². The highest BCUT2D eigenvalue weighted by atomic mass is 16.5. The number of likely N-dealkylation sites (N-methyl/N-ethyl adjacent to an activating group) is 1. The molecule has 3 heteroatoms. The predicted molar refractivity (Wildman–Crippen MR) is 84.2 cm³/mol. The highest BCUT2D eigenvalue weighted by Gasteiger charge is 2.18. The van der Waals surface area contributed by atoms with Crippen LogP contribution >= 0.6 is 0 Å². The van der Waals surface area contributed by atoms with Crippen molar-refractivity contribution in [1.82, 2.24) is 10.2 Å². The summed E-state index contributed by atoms with van der Waals surface area (Å²) in [5.41, 5.74) is 4.16. The quantitative estimate of drug-likeness (QED) is 0.895. The van der Waals surface area contributed by atoms with Crippen molar-refractivity contribution in [1.29, 1.82) is 0 Å². The number of nitrogens with one attached hydrogen (secondary N) is 1. The number of nitrogens with zero attached hydrogens (tertiary/aromatic N) is 1. The molecule has 0 bridgehead atoms. The molecule has 1 aliphatic heterocycles. The topological polar surface area (TPSA) is 24.5 Å². The van der Waals surface area contributed by atoms with Crippen LogP contribution < -0.4 is 5.32 Å². The molecule has 0 spiro atoms. The van der Waals surface area contributed by atoms with Crippen molar-refractivity contribution in [2.45, 2.75) is 33.2 Å². The molecule has 2 rings (SSSR count). The maximum Gasteiger partial charge on any atom is 0.0593 e. The summed E-state index contributed by atoms with van der Waals surface area (Å²) in [7, 11) is 0. The first-order valence-electron chi connectivity index (χ1n) is 7.81. The molecule has 1 aromatic rings. The van der Waals surface area contributed by atoms with E-state index in [1.165, 1.54) is 16.7 Å². The van der Waals surface area contributed by atoms with E-state index in [0.29, 0.717) is 6.04 Å². The van der Waals surface area contributed by atoms with E-state index >= 15 is 0 Å². The zero-order valence-electron chi connectivity index (χ0n) is 13.1. The van der Waals surface area contributed by atoms with Crippen LogP contribution in [0.4, 0.5) is 0 Å². The van der Waals surface area contributed by atoms with Gasteiger partial charge in [-0.15, -0.1) is 0 Å². The second kappa shape index (κ2) is 7.77. The fourth-order valence-corrected chi connectivity index (χ4v) is 2.89. The fourth-order valence-electron chi connectivity index (χ4n) is 2.89. The molecule has 1 atom stereocenters. The SMILES string of the molecule is CCNC(CN1CCCOCC1)c1cc(C)ccc1C. The van der Waals surface area contributed by atoms with Crippen molar-refractivity contribution in [3.8, 4) is 0 Å². The van der Waals surface area contributed by atoms with Crippen molar-refractivity contribution in [2.24, 2.45) is 0 Å². The number of hydrogen-bond donors (Lipinski definition) is 1. The van der Waals surface area contributed by atoms with Gasteiger partial charge in [0.1, 0.15) is 0 Å². The van der Waals surface area contributed by atoms with Gasteiger partial charge in [0.15, 0.2) is 0 Å². The number of rotatable bonds is 5. The molecule has 0 aromatic heterocycles. The molecule has 1 heterocycles. The Hall–Kier alpha value is -0.900. The monoisotopic (exact) mass is 276 g/mol. The largest absolute Gasteiger partial charge is 0.380 e. The smallest absolute Gasteiger partial charge is 0.0593 e. The minimum Gasteiger partial charge on any atom is -0.380 e. The Morgan fingerprint density at radius 2 is 2.10 bits per heavy atom. The molecule has 1 fully saturated rings. The van der Waals surface area contributed by atoms with E-state index in [-0.39, 0.29) is 0 Å². The third kappa shape index (κ3) is 4.30. The predicted octanol–water partition coefficient (Wildman–Crippen LogP) is 2.68. The van der Waals surface area contributed by atoms with Gasteiger partial charge in [0.25, 0.3) is 0 Å². The summed E-state index contributed by atoms with van der Waals surface area (Å²) in [6, 6.07) is 7.18. The van der Waals surface area contributed by atoms with Crippen LogP contribution in [0.15, 0.2) is 18.2 Å².